The van der Waals surface area contributed by atoms with Crippen molar-refractivity contribution in [2.45, 2.75) is 32.6 Å². The lowest BCUT2D eigenvalue weighted by Crippen LogP contribution is -2.17. The summed E-state index contributed by atoms with van der Waals surface area (Å²) in [5.41, 5.74) is 0. The highest BCUT2D eigenvalue weighted by Crippen LogP contribution is 2.12. The lowest BCUT2D eigenvalue weighted by Gasteiger charge is -2.08. The monoisotopic (exact) mass is 189 g/mol. The second-order valence-electron chi connectivity index (χ2n) is 3.02. The Morgan fingerprint density at radius 1 is 1.54 bits per heavy atom. The van der Waals surface area contributed by atoms with Crippen LogP contribution in [0, 0.1) is 16.0 Å². The zero-order chi connectivity index (χ0) is 10.3. The van der Waals surface area contributed by atoms with E-state index in [4.69, 9.17) is 5.11 Å². The number of rotatable bonds is 7. The summed E-state index contributed by atoms with van der Waals surface area (Å²) in [4.78, 5) is 20.1. The summed E-state index contributed by atoms with van der Waals surface area (Å²) in [6, 6.07) is 0. The van der Waals surface area contributed by atoms with Gasteiger partial charge in [0.25, 0.3) is 0 Å². The van der Waals surface area contributed by atoms with Crippen molar-refractivity contribution in [1.82, 2.24) is 0 Å². The third-order valence-corrected chi connectivity index (χ3v) is 1.92. The summed E-state index contributed by atoms with van der Waals surface area (Å²) in [5, 5.41) is 18.7. The summed E-state index contributed by atoms with van der Waals surface area (Å²) in [6.07, 6.45) is 2.42. The molecule has 0 spiro atoms. The minimum atomic E-state index is -0.921. The number of carbonyl (C=O) groups is 1. The van der Waals surface area contributed by atoms with E-state index in [2.05, 4.69) is 0 Å². The second-order valence-corrected chi connectivity index (χ2v) is 3.02. The van der Waals surface area contributed by atoms with Crippen LogP contribution in [0.1, 0.15) is 32.6 Å². The molecular weight excluding hydrogens is 174 g/mol. The summed E-state index contributed by atoms with van der Waals surface area (Å²) < 4.78 is 0. The van der Waals surface area contributed by atoms with Crippen LogP contribution < -0.4 is 0 Å². The zero-order valence-corrected chi connectivity index (χ0v) is 7.73. The first kappa shape index (κ1) is 11.9. The largest absolute Gasteiger partial charge is 0.481 e. The lowest BCUT2D eigenvalue weighted by atomic mass is 9.99. The van der Waals surface area contributed by atoms with Crippen molar-refractivity contribution in [3.8, 4) is 0 Å². The molecule has 76 valence electrons. The van der Waals surface area contributed by atoms with E-state index in [-0.39, 0.29) is 13.0 Å². The van der Waals surface area contributed by atoms with Crippen molar-refractivity contribution < 1.29 is 14.8 Å². The summed E-state index contributed by atoms with van der Waals surface area (Å²) in [5.74, 6) is -1.47. The van der Waals surface area contributed by atoms with Crippen LogP contribution in [0.2, 0.25) is 0 Å². The van der Waals surface area contributed by atoms with Gasteiger partial charge in [-0.1, -0.05) is 19.8 Å². The Morgan fingerprint density at radius 3 is 2.54 bits per heavy atom. The number of aliphatic carboxylic acids is 1. The van der Waals surface area contributed by atoms with Crippen molar-refractivity contribution in [2.75, 3.05) is 6.54 Å². The number of carboxylic acid groups (broad SMARTS) is 1. The van der Waals surface area contributed by atoms with Gasteiger partial charge in [0.1, 0.15) is 0 Å². The van der Waals surface area contributed by atoms with E-state index < -0.39 is 16.8 Å². The van der Waals surface area contributed by atoms with E-state index in [1.165, 1.54) is 0 Å². The fraction of sp³-hybridized carbons (Fsp3) is 0.875. The van der Waals surface area contributed by atoms with Crippen molar-refractivity contribution in [2.24, 2.45) is 5.92 Å². The summed E-state index contributed by atoms with van der Waals surface area (Å²) in [7, 11) is 0. The average Bonchev–Trinajstić information content (AvgIpc) is 2.03. The maximum atomic E-state index is 10.6. The molecule has 1 unspecified atom stereocenters. The van der Waals surface area contributed by atoms with Crippen LogP contribution in [-0.4, -0.2) is 22.5 Å². The molecule has 0 aliphatic heterocycles. The van der Waals surface area contributed by atoms with Crippen LogP contribution >= 0.6 is 0 Å². The van der Waals surface area contributed by atoms with Crippen molar-refractivity contribution in [3.05, 3.63) is 10.1 Å². The average molecular weight is 189 g/mol. The molecule has 5 nitrogen and oxygen atoms in total. The number of unbranched alkanes of at least 4 members (excludes halogenated alkanes) is 1. The first-order valence-corrected chi connectivity index (χ1v) is 4.42. The van der Waals surface area contributed by atoms with Gasteiger partial charge in [-0.25, -0.2) is 0 Å². The van der Waals surface area contributed by atoms with Gasteiger partial charge in [0.05, 0.1) is 5.92 Å². The molecule has 0 rings (SSSR count). The van der Waals surface area contributed by atoms with E-state index in [0.717, 1.165) is 12.8 Å². The van der Waals surface area contributed by atoms with Crippen LogP contribution in [0.3, 0.4) is 0 Å². The van der Waals surface area contributed by atoms with Gasteiger partial charge in [-0.3, -0.25) is 14.9 Å². The molecule has 0 saturated carbocycles. The van der Waals surface area contributed by atoms with Gasteiger partial charge >= 0.3 is 5.97 Å². The number of nitro groups is 1. The fourth-order valence-electron chi connectivity index (χ4n) is 1.10. The van der Waals surface area contributed by atoms with E-state index in [9.17, 15) is 14.9 Å². The molecule has 0 aliphatic rings. The fourth-order valence-corrected chi connectivity index (χ4v) is 1.10. The van der Waals surface area contributed by atoms with E-state index in [0.29, 0.717) is 6.42 Å². The Balaban J connectivity index is 3.80. The van der Waals surface area contributed by atoms with Crippen molar-refractivity contribution in [3.63, 3.8) is 0 Å². The Labute approximate surface area is 76.9 Å². The molecule has 0 aliphatic carbocycles. The highest BCUT2D eigenvalue weighted by Gasteiger charge is 2.18. The first-order valence-electron chi connectivity index (χ1n) is 4.42. The molecule has 0 aromatic rings. The highest BCUT2D eigenvalue weighted by molar-refractivity contribution is 5.69. The highest BCUT2D eigenvalue weighted by atomic mass is 16.6. The molecule has 0 radical (unpaired) electrons. The lowest BCUT2D eigenvalue weighted by molar-refractivity contribution is -0.481. The van der Waals surface area contributed by atoms with Crippen LogP contribution in [0.4, 0.5) is 0 Å². The predicted octanol–water partition coefficient (Wildman–Crippen LogP) is 1.54. The van der Waals surface area contributed by atoms with Crippen molar-refractivity contribution >= 4 is 5.97 Å². The smallest absolute Gasteiger partial charge is 0.306 e. The van der Waals surface area contributed by atoms with Crippen LogP contribution in [-0.2, 0) is 4.79 Å². The van der Waals surface area contributed by atoms with Gasteiger partial charge in [-0.05, 0) is 6.42 Å². The van der Waals surface area contributed by atoms with Gasteiger partial charge in [-0.2, -0.15) is 0 Å². The topological polar surface area (TPSA) is 80.4 Å². The molecule has 1 atom stereocenters. The van der Waals surface area contributed by atoms with Crippen molar-refractivity contribution in [1.29, 1.82) is 0 Å². The maximum Gasteiger partial charge on any atom is 0.306 e. The van der Waals surface area contributed by atoms with Gasteiger partial charge in [0.2, 0.25) is 6.54 Å². The Kier molecular flexibility index (Phi) is 5.84. The molecule has 0 bridgehead atoms. The van der Waals surface area contributed by atoms with Crippen LogP contribution in [0.25, 0.3) is 0 Å². The second kappa shape index (κ2) is 6.39. The minimum Gasteiger partial charge on any atom is -0.481 e. The van der Waals surface area contributed by atoms with Gasteiger partial charge in [-0.15, -0.1) is 0 Å². The van der Waals surface area contributed by atoms with E-state index >= 15 is 0 Å². The zero-order valence-electron chi connectivity index (χ0n) is 7.73. The SMILES string of the molecule is CCCCC(CC[N+](=O)[O-])C(=O)O. The minimum absolute atomic E-state index is 0.141. The number of hydrogen-bond donors (Lipinski definition) is 1. The first-order chi connectivity index (χ1) is 6.07. The maximum absolute atomic E-state index is 10.6. The molecule has 0 saturated heterocycles. The molecule has 5 heteroatoms. The summed E-state index contributed by atoms with van der Waals surface area (Å²) >= 11 is 0. The van der Waals surface area contributed by atoms with E-state index in [1.54, 1.807) is 0 Å². The quantitative estimate of drug-likeness (QED) is 0.486. The molecule has 0 amide bonds. The predicted molar refractivity (Wildman–Crippen MR) is 47.1 cm³/mol. The van der Waals surface area contributed by atoms with Gasteiger partial charge in [0, 0.05) is 11.3 Å². The Morgan fingerprint density at radius 2 is 2.15 bits per heavy atom. The van der Waals surface area contributed by atoms with Crippen LogP contribution in [0.5, 0.6) is 0 Å². The van der Waals surface area contributed by atoms with Gasteiger partial charge < -0.3 is 5.11 Å². The number of hydrogen-bond acceptors (Lipinski definition) is 3. The third kappa shape index (κ3) is 6.07. The molecule has 0 fully saturated rings. The summed E-state index contributed by atoms with van der Waals surface area (Å²) in [6.45, 7) is 1.72. The molecular formula is C8H15NO4. The Hall–Kier alpha value is -1.13. The van der Waals surface area contributed by atoms with Crippen LogP contribution in [0.15, 0.2) is 0 Å². The third-order valence-electron chi connectivity index (χ3n) is 1.92. The van der Waals surface area contributed by atoms with E-state index in [1.807, 2.05) is 6.92 Å². The Bertz CT molecular complexity index is 181. The molecule has 13 heavy (non-hydrogen) atoms. The molecule has 0 aromatic carbocycles. The molecule has 0 heterocycles. The number of carboxylic acids is 1. The standard InChI is InChI=1S/C8H15NO4/c1-2-3-4-7(8(10)11)5-6-9(12)13/h7H,2-6H2,1H3,(H,10,11). The number of nitrogens with zero attached hydrogens (tertiary/aromatic N) is 1. The molecule has 0 aromatic heterocycles. The normalized spacial score (nSPS) is 12.4. The molecule has 1 N–H and O–H groups in total. The van der Waals surface area contributed by atoms with Gasteiger partial charge in [0.15, 0.2) is 0 Å².